The van der Waals surface area contributed by atoms with Crippen LogP contribution in [0.1, 0.15) is 15.9 Å². The fourth-order valence-electron chi connectivity index (χ4n) is 3.52. The van der Waals surface area contributed by atoms with E-state index in [0.29, 0.717) is 33.4 Å². The number of benzene rings is 3. The van der Waals surface area contributed by atoms with Gasteiger partial charge in [0.2, 0.25) is 0 Å². The van der Waals surface area contributed by atoms with Gasteiger partial charge in [0.15, 0.2) is 0 Å². The molecule has 0 aliphatic carbocycles. The minimum atomic E-state index is -0.496. The molecular formula is C24H19N3O4. The van der Waals surface area contributed by atoms with Gasteiger partial charge < -0.3 is 10.1 Å². The maximum Gasteiger partial charge on any atom is 0.271 e. The van der Waals surface area contributed by atoms with E-state index in [-0.39, 0.29) is 11.6 Å². The van der Waals surface area contributed by atoms with Gasteiger partial charge in [0.25, 0.3) is 11.6 Å². The van der Waals surface area contributed by atoms with E-state index in [1.165, 1.54) is 18.2 Å². The van der Waals surface area contributed by atoms with Gasteiger partial charge in [-0.3, -0.25) is 14.9 Å². The molecule has 0 aliphatic rings. The Morgan fingerprint density at radius 2 is 1.77 bits per heavy atom. The number of para-hydroxylation sites is 1. The average Bonchev–Trinajstić information content (AvgIpc) is 2.78. The van der Waals surface area contributed by atoms with Crippen LogP contribution in [0.25, 0.3) is 22.2 Å². The molecular weight excluding hydrogens is 394 g/mol. The minimum absolute atomic E-state index is 0.0898. The molecule has 7 heteroatoms. The molecule has 4 aromatic rings. The van der Waals surface area contributed by atoms with Gasteiger partial charge in [0.1, 0.15) is 5.75 Å². The van der Waals surface area contributed by atoms with Gasteiger partial charge in [-0.15, -0.1) is 0 Å². The Bertz CT molecular complexity index is 1300. The summed E-state index contributed by atoms with van der Waals surface area (Å²) in [6.07, 6.45) is 0. The fourth-order valence-corrected chi connectivity index (χ4v) is 3.52. The number of ether oxygens (including phenoxy) is 1. The zero-order chi connectivity index (χ0) is 22.0. The number of carbonyl (C=O) groups excluding carboxylic acids is 1. The summed E-state index contributed by atoms with van der Waals surface area (Å²) in [5, 5.41) is 14.6. The van der Waals surface area contributed by atoms with E-state index < -0.39 is 4.92 Å². The second-order valence-electron chi connectivity index (χ2n) is 6.97. The van der Waals surface area contributed by atoms with Crippen LogP contribution in [-0.4, -0.2) is 22.9 Å². The number of aromatic nitrogens is 1. The molecule has 0 radical (unpaired) electrons. The summed E-state index contributed by atoms with van der Waals surface area (Å²) in [5.74, 6) is 0.372. The number of nitrogens with one attached hydrogen (secondary N) is 1. The van der Waals surface area contributed by atoms with Crippen molar-refractivity contribution in [3.05, 3.63) is 94.0 Å². The molecule has 3 aromatic carbocycles. The molecule has 0 atom stereocenters. The molecule has 1 heterocycles. The topological polar surface area (TPSA) is 94.4 Å². The molecule has 0 saturated carbocycles. The average molecular weight is 413 g/mol. The number of non-ortho nitro benzene ring substituents is 1. The molecule has 0 bridgehead atoms. The van der Waals surface area contributed by atoms with Gasteiger partial charge in [0.05, 0.1) is 28.8 Å². The maximum absolute atomic E-state index is 13.3. The monoisotopic (exact) mass is 413 g/mol. The van der Waals surface area contributed by atoms with Crippen molar-refractivity contribution in [2.45, 2.75) is 6.92 Å². The number of hydrogen-bond donors (Lipinski definition) is 1. The molecule has 0 spiro atoms. The summed E-state index contributed by atoms with van der Waals surface area (Å²) in [5.41, 5.74) is 3.68. The van der Waals surface area contributed by atoms with Crippen LogP contribution in [0.2, 0.25) is 0 Å². The number of hydrogen-bond acceptors (Lipinski definition) is 5. The molecule has 4 rings (SSSR count). The molecule has 0 aliphatic heterocycles. The smallest absolute Gasteiger partial charge is 0.271 e. The van der Waals surface area contributed by atoms with E-state index >= 15 is 0 Å². The summed E-state index contributed by atoms with van der Waals surface area (Å²) >= 11 is 0. The first-order chi connectivity index (χ1) is 15.0. The Hall–Kier alpha value is -4.26. The van der Waals surface area contributed by atoms with Crippen LogP contribution in [0.5, 0.6) is 5.75 Å². The van der Waals surface area contributed by atoms with Gasteiger partial charge >= 0.3 is 0 Å². The molecule has 154 valence electrons. The molecule has 0 fully saturated rings. The lowest BCUT2D eigenvalue weighted by Gasteiger charge is -2.15. The first-order valence-corrected chi connectivity index (χ1v) is 9.57. The van der Waals surface area contributed by atoms with E-state index in [1.54, 1.807) is 13.2 Å². The number of amides is 1. The van der Waals surface area contributed by atoms with Crippen molar-refractivity contribution in [3.63, 3.8) is 0 Å². The summed E-state index contributed by atoms with van der Waals surface area (Å²) < 4.78 is 5.23. The van der Waals surface area contributed by atoms with Crippen molar-refractivity contribution in [2.75, 3.05) is 12.4 Å². The summed E-state index contributed by atoms with van der Waals surface area (Å²) in [4.78, 5) is 28.6. The molecule has 7 nitrogen and oxygen atoms in total. The third-order valence-corrected chi connectivity index (χ3v) is 5.04. The molecule has 1 aromatic heterocycles. The Labute approximate surface area is 178 Å². The number of nitro groups is 1. The zero-order valence-electron chi connectivity index (χ0n) is 17.0. The Morgan fingerprint density at radius 3 is 2.48 bits per heavy atom. The Morgan fingerprint density at radius 1 is 1.03 bits per heavy atom. The van der Waals surface area contributed by atoms with E-state index in [9.17, 15) is 14.9 Å². The van der Waals surface area contributed by atoms with Crippen molar-refractivity contribution in [3.8, 4) is 17.0 Å². The lowest BCUT2D eigenvalue weighted by atomic mass is 9.97. The van der Waals surface area contributed by atoms with Crippen LogP contribution in [0.15, 0.2) is 72.8 Å². The van der Waals surface area contributed by atoms with Gasteiger partial charge in [-0.2, -0.15) is 0 Å². The van der Waals surface area contributed by atoms with Gasteiger partial charge in [-0.1, -0.05) is 24.3 Å². The van der Waals surface area contributed by atoms with Crippen LogP contribution < -0.4 is 10.1 Å². The highest BCUT2D eigenvalue weighted by Gasteiger charge is 2.19. The molecule has 0 unspecified atom stereocenters. The number of anilines is 1. The standard InChI is InChI=1S/C24H19N3O4/c1-15-22(24(28)25-17-6-5-7-18(14-17)27(29)30)20-8-3-4-9-21(20)26-23(15)16-10-12-19(31-2)13-11-16/h3-14H,1-2H3,(H,25,28). The summed E-state index contributed by atoms with van der Waals surface area (Å²) in [6.45, 7) is 1.85. The number of pyridine rings is 1. The van der Waals surface area contributed by atoms with Crippen molar-refractivity contribution in [2.24, 2.45) is 0 Å². The normalized spacial score (nSPS) is 10.6. The molecule has 1 N–H and O–H groups in total. The number of nitro benzene ring substituents is 1. The third kappa shape index (κ3) is 3.93. The summed E-state index contributed by atoms with van der Waals surface area (Å²) in [7, 11) is 1.60. The Kier molecular flexibility index (Phi) is 5.32. The molecule has 0 saturated heterocycles. The minimum Gasteiger partial charge on any atom is -0.497 e. The number of fused-ring (bicyclic) bond motifs is 1. The number of methoxy groups -OCH3 is 1. The van der Waals surface area contributed by atoms with Gasteiger partial charge in [-0.05, 0) is 48.9 Å². The van der Waals surface area contributed by atoms with Crippen LogP contribution in [0.4, 0.5) is 11.4 Å². The largest absolute Gasteiger partial charge is 0.497 e. The second-order valence-corrected chi connectivity index (χ2v) is 6.97. The number of rotatable bonds is 5. The van der Waals surface area contributed by atoms with Gasteiger partial charge in [0, 0.05) is 28.8 Å². The first-order valence-electron chi connectivity index (χ1n) is 9.57. The number of carbonyl (C=O) groups is 1. The van der Waals surface area contributed by atoms with E-state index in [2.05, 4.69) is 5.32 Å². The lowest BCUT2D eigenvalue weighted by molar-refractivity contribution is -0.384. The van der Waals surface area contributed by atoms with Crippen LogP contribution in [-0.2, 0) is 0 Å². The highest BCUT2D eigenvalue weighted by atomic mass is 16.6. The van der Waals surface area contributed by atoms with E-state index in [0.717, 1.165) is 11.3 Å². The second kappa shape index (κ2) is 8.23. The van der Waals surface area contributed by atoms with Crippen LogP contribution in [0, 0.1) is 17.0 Å². The summed E-state index contributed by atoms with van der Waals surface area (Å²) in [6, 6.07) is 20.7. The highest BCUT2D eigenvalue weighted by molar-refractivity contribution is 6.14. The predicted octanol–water partition coefficient (Wildman–Crippen LogP) is 5.38. The van der Waals surface area contributed by atoms with E-state index in [4.69, 9.17) is 9.72 Å². The van der Waals surface area contributed by atoms with Crippen molar-refractivity contribution >= 4 is 28.2 Å². The molecule has 31 heavy (non-hydrogen) atoms. The third-order valence-electron chi connectivity index (χ3n) is 5.04. The Balaban J connectivity index is 1.82. The first kappa shape index (κ1) is 20.0. The predicted molar refractivity (Wildman–Crippen MR) is 120 cm³/mol. The fraction of sp³-hybridized carbons (Fsp3) is 0.0833. The van der Waals surface area contributed by atoms with E-state index in [1.807, 2.05) is 55.5 Å². The van der Waals surface area contributed by atoms with Crippen molar-refractivity contribution < 1.29 is 14.5 Å². The van der Waals surface area contributed by atoms with Crippen molar-refractivity contribution in [1.29, 1.82) is 0 Å². The quantitative estimate of drug-likeness (QED) is 0.350. The molecule has 1 amide bonds. The van der Waals surface area contributed by atoms with Crippen LogP contribution in [0.3, 0.4) is 0 Å². The highest BCUT2D eigenvalue weighted by Crippen LogP contribution is 2.31. The van der Waals surface area contributed by atoms with Crippen molar-refractivity contribution in [1.82, 2.24) is 4.98 Å². The number of nitrogens with zero attached hydrogens (tertiary/aromatic N) is 2. The SMILES string of the molecule is COc1ccc(-c2nc3ccccc3c(C(=O)Nc3cccc([N+](=O)[O-])c3)c2C)cc1. The maximum atomic E-state index is 13.3. The van der Waals surface area contributed by atoms with Crippen LogP contribution >= 0.6 is 0 Å². The zero-order valence-corrected chi connectivity index (χ0v) is 17.0. The lowest BCUT2D eigenvalue weighted by Crippen LogP contribution is -2.15. The van der Waals surface area contributed by atoms with Gasteiger partial charge in [-0.25, -0.2) is 4.98 Å².